The number of nitrogens with one attached hydrogen (secondary N) is 1. The second-order valence-corrected chi connectivity index (χ2v) is 7.11. The smallest absolute Gasteiger partial charge is 0.203 e. The summed E-state index contributed by atoms with van der Waals surface area (Å²) >= 11 is 0. The molecule has 5 rings (SSSR count). The zero-order valence-electron chi connectivity index (χ0n) is 16.1. The number of hydrogen-bond acceptors (Lipinski definition) is 6. The minimum atomic E-state index is -0.0103. The number of hydrogen-bond donors (Lipinski definition) is 2. The highest BCUT2D eigenvalue weighted by Gasteiger charge is 2.29. The van der Waals surface area contributed by atoms with Gasteiger partial charge in [-0.15, -0.1) is 0 Å². The molecule has 1 fully saturated rings. The summed E-state index contributed by atoms with van der Waals surface area (Å²) in [5, 5.41) is 19.0. The number of methoxy groups -OCH3 is 2. The van der Waals surface area contributed by atoms with E-state index in [-0.39, 0.29) is 11.5 Å². The minimum Gasteiger partial charge on any atom is -0.504 e. The van der Waals surface area contributed by atoms with E-state index in [4.69, 9.17) is 14.5 Å². The summed E-state index contributed by atoms with van der Waals surface area (Å²) in [4.78, 5) is 9.31. The van der Waals surface area contributed by atoms with E-state index in [0.717, 1.165) is 35.2 Å². The molecule has 1 saturated carbocycles. The fraction of sp³-hybridized carbons (Fsp3) is 0.227. The summed E-state index contributed by atoms with van der Waals surface area (Å²) < 4.78 is 10.6. The first-order valence-electron chi connectivity index (χ1n) is 9.45. The number of fused-ring (bicyclic) bond motifs is 1. The van der Waals surface area contributed by atoms with E-state index in [2.05, 4.69) is 15.2 Å². The molecular weight excluding hydrogens is 368 g/mol. The van der Waals surface area contributed by atoms with Crippen LogP contribution in [-0.4, -0.2) is 39.5 Å². The largest absolute Gasteiger partial charge is 0.504 e. The van der Waals surface area contributed by atoms with Crippen molar-refractivity contribution in [3.8, 4) is 39.8 Å². The molecule has 0 unspecified atom stereocenters. The number of benzene rings is 1. The summed E-state index contributed by atoms with van der Waals surface area (Å²) in [6, 6.07) is 11.2. The van der Waals surface area contributed by atoms with Crippen LogP contribution in [0.15, 0.2) is 42.6 Å². The Kier molecular flexibility index (Phi) is 4.08. The van der Waals surface area contributed by atoms with Gasteiger partial charge in [-0.25, -0.2) is 4.98 Å². The first-order valence-corrected chi connectivity index (χ1v) is 9.45. The Morgan fingerprint density at radius 1 is 1.07 bits per heavy atom. The predicted octanol–water partition coefficient (Wildman–Crippen LogP) is 4.29. The Balaban J connectivity index is 1.75. The van der Waals surface area contributed by atoms with Gasteiger partial charge in [-0.1, -0.05) is 6.07 Å². The Hall–Kier alpha value is -3.61. The van der Waals surface area contributed by atoms with Crippen LogP contribution in [0.1, 0.15) is 24.5 Å². The highest BCUT2D eigenvalue weighted by Crippen LogP contribution is 2.45. The van der Waals surface area contributed by atoms with Crippen LogP contribution < -0.4 is 9.47 Å². The van der Waals surface area contributed by atoms with Crippen LogP contribution in [0.2, 0.25) is 0 Å². The summed E-state index contributed by atoms with van der Waals surface area (Å²) in [6.45, 7) is 0. The van der Waals surface area contributed by atoms with Gasteiger partial charge in [0.1, 0.15) is 0 Å². The Bertz CT molecular complexity index is 1200. The van der Waals surface area contributed by atoms with E-state index in [0.29, 0.717) is 28.6 Å². The van der Waals surface area contributed by atoms with E-state index >= 15 is 0 Å². The Morgan fingerprint density at radius 3 is 2.62 bits per heavy atom. The van der Waals surface area contributed by atoms with Crippen molar-refractivity contribution in [2.75, 3.05) is 14.2 Å². The highest BCUT2D eigenvalue weighted by atomic mass is 16.5. The van der Waals surface area contributed by atoms with Crippen molar-refractivity contribution in [2.24, 2.45) is 0 Å². The number of nitrogens with zero attached hydrogens (tertiary/aromatic N) is 3. The van der Waals surface area contributed by atoms with Crippen LogP contribution in [0.25, 0.3) is 33.5 Å². The van der Waals surface area contributed by atoms with Crippen LogP contribution in [-0.2, 0) is 0 Å². The molecule has 2 N–H and O–H groups in total. The second-order valence-electron chi connectivity index (χ2n) is 7.11. The van der Waals surface area contributed by atoms with Gasteiger partial charge in [0.2, 0.25) is 5.75 Å². The molecule has 0 aliphatic heterocycles. The fourth-order valence-electron chi connectivity index (χ4n) is 3.68. The van der Waals surface area contributed by atoms with Crippen molar-refractivity contribution in [2.45, 2.75) is 18.8 Å². The van der Waals surface area contributed by atoms with Crippen molar-refractivity contribution < 1.29 is 14.6 Å². The number of phenolic OH excluding ortho intramolecular Hbond substituents is 1. The van der Waals surface area contributed by atoms with E-state index in [1.54, 1.807) is 18.3 Å². The van der Waals surface area contributed by atoms with Crippen molar-refractivity contribution in [3.63, 3.8) is 0 Å². The van der Waals surface area contributed by atoms with Gasteiger partial charge in [-0.3, -0.25) is 10.1 Å². The van der Waals surface area contributed by atoms with Gasteiger partial charge < -0.3 is 14.6 Å². The molecule has 0 radical (unpaired) electrons. The number of ether oxygens (including phenoxy) is 2. The van der Waals surface area contributed by atoms with Crippen molar-refractivity contribution in [3.05, 3.63) is 48.3 Å². The molecule has 7 nitrogen and oxygen atoms in total. The normalized spacial score (nSPS) is 13.6. The zero-order chi connectivity index (χ0) is 20.0. The van der Waals surface area contributed by atoms with Gasteiger partial charge in [-0.2, -0.15) is 5.10 Å². The molecule has 7 heteroatoms. The molecule has 0 atom stereocenters. The number of pyridine rings is 2. The zero-order valence-corrected chi connectivity index (χ0v) is 16.1. The van der Waals surface area contributed by atoms with Crippen LogP contribution >= 0.6 is 0 Å². The van der Waals surface area contributed by atoms with Crippen LogP contribution in [0, 0.1) is 0 Å². The number of rotatable bonds is 5. The summed E-state index contributed by atoms with van der Waals surface area (Å²) in [7, 11) is 3.02. The first-order chi connectivity index (χ1) is 14.2. The molecule has 0 saturated heterocycles. The summed E-state index contributed by atoms with van der Waals surface area (Å²) in [5.74, 6) is 1.21. The molecule has 1 aromatic carbocycles. The van der Waals surface area contributed by atoms with Crippen LogP contribution in [0.3, 0.4) is 0 Å². The molecule has 1 aliphatic rings. The molecule has 146 valence electrons. The molecule has 0 amide bonds. The van der Waals surface area contributed by atoms with Crippen LogP contribution in [0.5, 0.6) is 17.2 Å². The van der Waals surface area contributed by atoms with E-state index < -0.39 is 0 Å². The lowest BCUT2D eigenvalue weighted by Crippen LogP contribution is -1.94. The lowest BCUT2D eigenvalue weighted by Gasteiger charge is -2.12. The third-order valence-electron chi connectivity index (χ3n) is 5.23. The number of aromatic nitrogens is 4. The SMILES string of the molecule is COc1cc(-c2cc(-c3ccccn3)c3c(C4CC4)[nH]nc3n2)cc(O)c1OC. The number of aromatic amines is 1. The topological polar surface area (TPSA) is 93.2 Å². The average molecular weight is 388 g/mol. The molecule has 0 bridgehead atoms. The van der Waals surface area contributed by atoms with Gasteiger partial charge in [-0.05, 0) is 43.2 Å². The molecule has 1 aliphatic carbocycles. The van der Waals surface area contributed by atoms with E-state index in [9.17, 15) is 5.11 Å². The number of phenols is 1. The Morgan fingerprint density at radius 2 is 1.93 bits per heavy atom. The maximum absolute atomic E-state index is 10.4. The van der Waals surface area contributed by atoms with Gasteiger partial charge in [0.25, 0.3) is 0 Å². The average Bonchev–Trinajstić information content (AvgIpc) is 3.51. The fourth-order valence-corrected chi connectivity index (χ4v) is 3.68. The standard InChI is InChI=1S/C22H20N4O3/c1-28-18-10-13(9-17(27)21(18)29-2)16-11-14(15-5-3-4-8-23-15)19-20(12-6-7-12)25-26-22(19)24-16/h3-5,8-12,27H,6-7H2,1-2H3,(H,24,25,26). The van der Waals surface area contributed by atoms with E-state index in [1.165, 1.54) is 14.2 Å². The number of H-pyrrole nitrogens is 1. The van der Waals surface area contributed by atoms with Gasteiger partial charge >= 0.3 is 0 Å². The predicted molar refractivity (Wildman–Crippen MR) is 109 cm³/mol. The van der Waals surface area contributed by atoms with Crippen molar-refractivity contribution >= 4 is 11.0 Å². The quantitative estimate of drug-likeness (QED) is 0.530. The third-order valence-corrected chi connectivity index (χ3v) is 5.23. The van der Waals surface area contributed by atoms with Crippen LogP contribution in [0.4, 0.5) is 0 Å². The molecule has 4 aromatic rings. The Labute approximate surface area is 167 Å². The first kappa shape index (κ1) is 17.5. The minimum absolute atomic E-state index is 0.0103. The lowest BCUT2D eigenvalue weighted by molar-refractivity contribution is 0.333. The van der Waals surface area contributed by atoms with Crippen molar-refractivity contribution in [1.82, 2.24) is 20.2 Å². The molecular formula is C22H20N4O3. The maximum atomic E-state index is 10.4. The molecule has 3 heterocycles. The third kappa shape index (κ3) is 2.95. The molecule has 29 heavy (non-hydrogen) atoms. The molecule has 3 aromatic heterocycles. The monoisotopic (exact) mass is 388 g/mol. The van der Waals surface area contributed by atoms with Gasteiger partial charge in [0, 0.05) is 28.9 Å². The summed E-state index contributed by atoms with van der Waals surface area (Å²) in [5.41, 5.74) is 4.96. The number of aromatic hydroxyl groups is 1. The van der Waals surface area contributed by atoms with Crippen molar-refractivity contribution in [1.29, 1.82) is 0 Å². The van der Waals surface area contributed by atoms with Gasteiger partial charge in [0.05, 0.1) is 31.0 Å². The lowest BCUT2D eigenvalue weighted by atomic mass is 10.0. The second kappa shape index (κ2) is 6.77. The maximum Gasteiger partial charge on any atom is 0.203 e. The highest BCUT2D eigenvalue weighted by molar-refractivity contribution is 5.96. The summed E-state index contributed by atoms with van der Waals surface area (Å²) in [6.07, 6.45) is 4.09. The molecule has 0 spiro atoms. The van der Waals surface area contributed by atoms with Gasteiger partial charge in [0.15, 0.2) is 17.1 Å². The van der Waals surface area contributed by atoms with E-state index in [1.807, 2.05) is 24.3 Å².